The maximum absolute atomic E-state index is 13.4. The van der Waals surface area contributed by atoms with E-state index in [-0.39, 0.29) is 5.82 Å². The summed E-state index contributed by atoms with van der Waals surface area (Å²) in [5, 5.41) is 9.95. The van der Waals surface area contributed by atoms with E-state index in [0.29, 0.717) is 17.1 Å². The molecular formula is C15H15FOS. The molecule has 0 aromatic heterocycles. The second kappa shape index (κ2) is 6.57. The first-order valence-corrected chi connectivity index (χ1v) is 6.97. The summed E-state index contributed by atoms with van der Waals surface area (Å²) in [6.07, 6.45) is -0.497. The number of aliphatic hydroxyl groups excluding tert-OH is 1. The van der Waals surface area contributed by atoms with Crippen LogP contribution in [0.15, 0.2) is 54.6 Å². The molecule has 0 saturated heterocycles. The highest BCUT2D eigenvalue weighted by Crippen LogP contribution is 2.21. The van der Waals surface area contributed by atoms with Crippen molar-refractivity contribution in [1.29, 1.82) is 0 Å². The summed E-state index contributed by atoms with van der Waals surface area (Å²) in [5.74, 6) is 0.966. The van der Waals surface area contributed by atoms with Crippen molar-refractivity contribution in [2.75, 3.05) is 5.75 Å². The molecule has 0 bridgehead atoms. The minimum atomic E-state index is -0.497. The summed E-state index contributed by atoms with van der Waals surface area (Å²) in [6, 6.07) is 16.3. The zero-order valence-electron chi connectivity index (χ0n) is 9.92. The Hall–Kier alpha value is -1.32. The van der Waals surface area contributed by atoms with Gasteiger partial charge in [-0.1, -0.05) is 48.5 Å². The van der Waals surface area contributed by atoms with Gasteiger partial charge in [-0.2, -0.15) is 11.8 Å². The molecule has 1 N–H and O–H groups in total. The van der Waals surface area contributed by atoms with Crippen LogP contribution in [0, 0.1) is 5.82 Å². The molecule has 1 atom stereocenters. The first-order valence-electron chi connectivity index (χ1n) is 5.81. The normalized spacial score (nSPS) is 12.3. The third-order valence-corrected chi connectivity index (χ3v) is 3.74. The molecule has 0 heterocycles. The average molecular weight is 262 g/mol. The Bertz CT molecular complexity index is 487. The first kappa shape index (κ1) is 13.1. The monoisotopic (exact) mass is 262 g/mol. The average Bonchev–Trinajstić information content (AvgIpc) is 2.42. The largest absolute Gasteiger partial charge is 0.388 e. The van der Waals surface area contributed by atoms with Crippen LogP contribution >= 0.6 is 11.8 Å². The standard InChI is InChI=1S/C15H15FOS/c16-14-9-5-4-8-13(14)10-18-11-15(17)12-6-2-1-3-7-12/h1-9,15,17H,10-11H2. The molecule has 0 radical (unpaired) electrons. The summed E-state index contributed by atoms with van der Waals surface area (Å²) < 4.78 is 13.4. The predicted molar refractivity (Wildman–Crippen MR) is 74.0 cm³/mol. The van der Waals surface area contributed by atoms with E-state index in [1.807, 2.05) is 36.4 Å². The molecule has 0 aliphatic carbocycles. The second-order valence-corrected chi connectivity index (χ2v) is 5.06. The number of benzene rings is 2. The lowest BCUT2D eigenvalue weighted by Gasteiger charge is -2.10. The molecule has 1 nitrogen and oxygen atoms in total. The predicted octanol–water partition coefficient (Wildman–Crippen LogP) is 3.79. The first-order chi connectivity index (χ1) is 8.77. The van der Waals surface area contributed by atoms with E-state index in [9.17, 15) is 9.50 Å². The van der Waals surface area contributed by atoms with Crippen molar-refractivity contribution < 1.29 is 9.50 Å². The van der Waals surface area contributed by atoms with Crippen LogP contribution in [0.25, 0.3) is 0 Å². The van der Waals surface area contributed by atoms with Crippen LogP contribution in [0.3, 0.4) is 0 Å². The van der Waals surface area contributed by atoms with E-state index >= 15 is 0 Å². The van der Waals surface area contributed by atoms with Crippen LogP contribution in [0.5, 0.6) is 0 Å². The quantitative estimate of drug-likeness (QED) is 0.884. The Morgan fingerprint density at radius 3 is 2.39 bits per heavy atom. The molecule has 1 unspecified atom stereocenters. The van der Waals surface area contributed by atoms with Gasteiger partial charge in [0.05, 0.1) is 6.10 Å². The fourth-order valence-corrected chi connectivity index (χ4v) is 2.65. The smallest absolute Gasteiger partial charge is 0.127 e. The van der Waals surface area contributed by atoms with Crippen LogP contribution < -0.4 is 0 Å². The number of aliphatic hydroxyl groups is 1. The molecule has 3 heteroatoms. The molecule has 2 aromatic carbocycles. The number of hydrogen-bond acceptors (Lipinski definition) is 2. The Balaban J connectivity index is 1.84. The Morgan fingerprint density at radius 1 is 1.00 bits per heavy atom. The van der Waals surface area contributed by atoms with Gasteiger partial charge >= 0.3 is 0 Å². The molecule has 18 heavy (non-hydrogen) atoms. The van der Waals surface area contributed by atoms with Crippen molar-refractivity contribution in [3.05, 3.63) is 71.5 Å². The second-order valence-electron chi connectivity index (χ2n) is 4.03. The van der Waals surface area contributed by atoms with E-state index in [1.165, 1.54) is 17.8 Å². The highest BCUT2D eigenvalue weighted by atomic mass is 32.2. The summed E-state index contributed by atoms with van der Waals surface area (Å²) in [7, 11) is 0. The van der Waals surface area contributed by atoms with Gasteiger partial charge in [-0.25, -0.2) is 4.39 Å². The molecule has 0 aliphatic rings. The Kier molecular flexibility index (Phi) is 4.79. The molecule has 0 saturated carbocycles. The highest BCUT2D eigenvalue weighted by molar-refractivity contribution is 7.98. The SMILES string of the molecule is OC(CSCc1ccccc1F)c1ccccc1. The van der Waals surface area contributed by atoms with Gasteiger partial charge < -0.3 is 5.11 Å². The van der Waals surface area contributed by atoms with Crippen LogP contribution in [0.4, 0.5) is 4.39 Å². The Morgan fingerprint density at radius 2 is 1.67 bits per heavy atom. The van der Waals surface area contributed by atoms with Crippen molar-refractivity contribution in [3.63, 3.8) is 0 Å². The number of thioether (sulfide) groups is 1. The van der Waals surface area contributed by atoms with Crippen LogP contribution in [0.2, 0.25) is 0 Å². The minimum absolute atomic E-state index is 0.181. The molecule has 2 rings (SSSR count). The maximum Gasteiger partial charge on any atom is 0.127 e. The lowest BCUT2D eigenvalue weighted by Crippen LogP contribution is -2.00. The van der Waals surface area contributed by atoms with Gasteiger partial charge in [0.1, 0.15) is 5.82 Å². The van der Waals surface area contributed by atoms with E-state index in [2.05, 4.69) is 0 Å². The topological polar surface area (TPSA) is 20.2 Å². The lowest BCUT2D eigenvalue weighted by molar-refractivity contribution is 0.204. The molecule has 0 amide bonds. The van der Waals surface area contributed by atoms with Gasteiger partial charge in [0.2, 0.25) is 0 Å². The van der Waals surface area contributed by atoms with E-state index < -0.39 is 6.10 Å². The summed E-state index contributed by atoms with van der Waals surface area (Å²) >= 11 is 1.53. The zero-order valence-corrected chi connectivity index (χ0v) is 10.7. The van der Waals surface area contributed by atoms with E-state index in [0.717, 1.165) is 5.56 Å². The van der Waals surface area contributed by atoms with E-state index in [4.69, 9.17) is 0 Å². The Labute approximate surface area is 111 Å². The minimum Gasteiger partial charge on any atom is -0.388 e. The number of hydrogen-bond donors (Lipinski definition) is 1. The highest BCUT2D eigenvalue weighted by Gasteiger charge is 2.07. The molecule has 2 aromatic rings. The van der Waals surface area contributed by atoms with Crippen LogP contribution in [-0.4, -0.2) is 10.9 Å². The lowest BCUT2D eigenvalue weighted by atomic mass is 10.1. The van der Waals surface area contributed by atoms with Crippen molar-refractivity contribution >= 4 is 11.8 Å². The van der Waals surface area contributed by atoms with Crippen molar-refractivity contribution in [1.82, 2.24) is 0 Å². The fraction of sp³-hybridized carbons (Fsp3) is 0.200. The summed E-state index contributed by atoms with van der Waals surface area (Å²) in [5.41, 5.74) is 1.58. The number of rotatable bonds is 5. The summed E-state index contributed by atoms with van der Waals surface area (Å²) in [4.78, 5) is 0. The van der Waals surface area contributed by atoms with Gasteiger partial charge in [0, 0.05) is 11.5 Å². The van der Waals surface area contributed by atoms with Gasteiger partial charge in [-0.05, 0) is 17.2 Å². The third-order valence-electron chi connectivity index (χ3n) is 2.68. The third kappa shape index (κ3) is 3.59. The molecule has 0 aliphatic heterocycles. The van der Waals surface area contributed by atoms with Crippen molar-refractivity contribution in [2.45, 2.75) is 11.9 Å². The molecule has 0 fully saturated rings. The molecule has 94 valence electrons. The zero-order chi connectivity index (χ0) is 12.8. The maximum atomic E-state index is 13.4. The van der Waals surface area contributed by atoms with Crippen molar-refractivity contribution in [2.24, 2.45) is 0 Å². The van der Waals surface area contributed by atoms with Gasteiger partial charge in [-0.15, -0.1) is 0 Å². The van der Waals surface area contributed by atoms with Crippen LogP contribution in [0.1, 0.15) is 17.2 Å². The molecular weight excluding hydrogens is 247 g/mol. The van der Waals surface area contributed by atoms with Gasteiger partial charge in [0.15, 0.2) is 0 Å². The fourth-order valence-electron chi connectivity index (χ4n) is 1.67. The van der Waals surface area contributed by atoms with Crippen LogP contribution in [-0.2, 0) is 5.75 Å². The van der Waals surface area contributed by atoms with E-state index in [1.54, 1.807) is 12.1 Å². The van der Waals surface area contributed by atoms with Crippen molar-refractivity contribution in [3.8, 4) is 0 Å². The van der Waals surface area contributed by atoms with Gasteiger partial charge in [-0.3, -0.25) is 0 Å². The van der Waals surface area contributed by atoms with Gasteiger partial charge in [0.25, 0.3) is 0 Å². The summed E-state index contributed by atoms with van der Waals surface area (Å²) in [6.45, 7) is 0. The number of halogens is 1. The molecule has 0 spiro atoms.